The Morgan fingerprint density at radius 2 is 1.90 bits per heavy atom. The van der Waals surface area contributed by atoms with Crippen LogP contribution >= 0.6 is 15.9 Å². The van der Waals surface area contributed by atoms with Gasteiger partial charge in [0.05, 0.1) is 0 Å². The van der Waals surface area contributed by atoms with Crippen molar-refractivity contribution in [1.82, 2.24) is 0 Å². The summed E-state index contributed by atoms with van der Waals surface area (Å²) in [6.45, 7) is 0. The van der Waals surface area contributed by atoms with Crippen LogP contribution in [0.1, 0.15) is 32.1 Å². The van der Waals surface area contributed by atoms with Crippen molar-refractivity contribution in [3.63, 3.8) is 0 Å². The number of rotatable bonds is 2. The van der Waals surface area contributed by atoms with E-state index in [1.165, 1.54) is 19.3 Å². The van der Waals surface area contributed by atoms with E-state index in [9.17, 15) is 4.79 Å². The quantitative estimate of drug-likeness (QED) is 0.500. The summed E-state index contributed by atoms with van der Waals surface area (Å²) in [7, 11) is 0. The fraction of sp³-hybridized carbons (Fsp3) is 0.875. The predicted octanol–water partition coefficient (Wildman–Crippen LogP) is 2.53. The first-order valence-electron chi connectivity index (χ1n) is 3.85. The number of hydrogen-bond acceptors (Lipinski definition) is 1. The highest BCUT2D eigenvalue weighted by Gasteiger charge is 2.29. The molecule has 0 aromatic heterocycles. The first-order chi connectivity index (χ1) is 4.83. The summed E-state index contributed by atoms with van der Waals surface area (Å²) >= 11 is 3.40. The molecule has 0 N–H and O–H groups in total. The number of hydrogen-bond donors (Lipinski definition) is 0. The molecule has 0 aromatic rings. The molecule has 1 fully saturated rings. The van der Waals surface area contributed by atoms with Gasteiger partial charge in [-0.05, 0) is 12.8 Å². The van der Waals surface area contributed by atoms with Gasteiger partial charge in [-0.1, -0.05) is 35.2 Å². The van der Waals surface area contributed by atoms with Gasteiger partial charge in [0.2, 0.25) is 0 Å². The topological polar surface area (TPSA) is 17.1 Å². The zero-order chi connectivity index (χ0) is 7.45. The van der Waals surface area contributed by atoms with E-state index in [-0.39, 0.29) is 5.41 Å². The number of carbonyl (C=O) groups is 1. The maximum atomic E-state index is 10.7. The highest BCUT2D eigenvalue weighted by molar-refractivity contribution is 9.09. The summed E-state index contributed by atoms with van der Waals surface area (Å²) in [6, 6.07) is 0. The molecule has 0 aromatic carbocycles. The second-order valence-corrected chi connectivity index (χ2v) is 3.74. The molecule has 0 radical (unpaired) electrons. The normalized spacial score (nSPS) is 24.1. The van der Waals surface area contributed by atoms with Crippen molar-refractivity contribution in [2.24, 2.45) is 5.41 Å². The number of aldehydes is 1. The molecule has 0 saturated heterocycles. The third-order valence-corrected chi connectivity index (χ3v) is 3.48. The smallest absolute Gasteiger partial charge is 0.126 e. The molecule has 1 aliphatic rings. The van der Waals surface area contributed by atoms with Gasteiger partial charge in [0.1, 0.15) is 6.29 Å². The third kappa shape index (κ3) is 1.60. The van der Waals surface area contributed by atoms with Crippen LogP contribution in [0.15, 0.2) is 0 Å². The Balaban J connectivity index is 2.52. The molecule has 0 spiro atoms. The highest BCUT2D eigenvalue weighted by Crippen LogP contribution is 2.35. The van der Waals surface area contributed by atoms with Crippen molar-refractivity contribution in [2.45, 2.75) is 32.1 Å². The van der Waals surface area contributed by atoms with E-state index in [4.69, 9.17) is 0 Å². The molecule has 2 heteroatoms. The van der Waals surface area contributed by atoms with Gasteiger partial charge in [0.15, 0.2) is 0 Å². The predicted molar refractivity (Wildman–Crippen MR) is 45.4 cm³/mol. The lowest BCUT2D eigenvalue weighted by molar-refractivity contribution is -0.116. The molecular formula is C8H13BrO. The zero-order valence-corrected chi connectivity index (χ0v) is 7.69. The maximum absolute atomic E-state index is 10.7. The van der Waals surface area contributed by atoms with Crippen molar-refractivity contribution in [3.05, 3.63) is 0 Å². The van der Waals surface area contributed by atoms with E-state index < -0.39 is 0 Å². The highest BCUT2D eigenvalue weighted by atomic mass is 79.9. The Hall–Kier alpha value is 0.150. The minimum Gasteiger partial charge on any atom is -0.303 e. The van der Waals surface area contributed by atoms with Crippen LogP contribution in [0.4, 0.5) is 0 Å². The summed E-state index contributed by atoms with van der Waals surface area (Å²) in [5, 5.41) is 0.851. The fourth-order valence-corrected chi connectivity index (χ4v) is 2.23. The van der Waals surface area contributed by atoms with Crippen LogP contribution in [0, 0.1) is 5.41 Å². The van der Waals surface area contributed by atoms with Gasteiger partial charge in [-0.3, -0.25) is 0 Å². The largest absolute Gasteiger partial charge is 0.303 e. The van der Waals surface area contributed by atoms with Gasteiger partial charge in [-0.25, -0.2) is 0 Å². The summed E-state index contributed by atoms with van der Waals surface area (Å²) in [6.07, 6.45) is 7.07. The van der Waals surface area contributed by atoms with Crippen molar-refractivity contribution >= 4 is 22.2 Å². The fourth-order valence-electron chi connectivity index (χ4n) is 1.54. The number of halogens is 1. The molecular weight excluding hydrogens is 192 g/mol. The van der Waals surface area contributed by atoms with Crippen molar-refractivity contribution < 1.29 is 4.79 Å². The molecule has 1 saturated carbocycles. The van der Waals surface area contributed by atoms with E-state index >= 15 is 0 Å². The van der Waals surface area contributed by atoms with E-state index in [0.717, 1.165) is 24.5 Å². The SMILES string of the molecule is O=CC1(CBr)CCCCC1. The molecule has 10 heavy (non-hydrogen) atoms. The van der Waals surface area contributed by atoms with Gasteiger partial charge >= 0.3 is 0 Å². The van der Waals surface area contributed by atoms with Crippen molar-refractivity contribution in [2.75, 3.05) is 5.33 Å². The van der Waals surface area contributed by atoms with Crippen LogP contribution in [-0.4, -0.2) is 11.6 Å². The molecule has 1 aliphatic carbocycles. The van der Waals surface area contributed by atoms with E-state index in [2.05, 4.69) is 15.9 Å². The molecule has 1 nitrogen and oxygen atoms in total. The average molecular weight is 205 g/mol. The Labute approximate surface area is 70.3 Å². The first kappa shape index (κ1) is 8.25. The second kappa shape index (κ2) is 3.51. The van der Waals surface area contributed by atoms with Gasteiger partial charge < -0.3 is 4.79 Å². The van der Waals surface area contributed by atoms with Gasteiger partial charge in [-0.15, -0.1) is 0 Å². The molecule has 1 rings (SSSR count). The lowest BCUT2D eigenvalue weighted by atomic mass is 9.77. The number of carbonyl (C=O) groups excluding carboxylic acids is 1. The van der Waals surface area contributed by atoms with Gasteiger partial charge in [0, 0.05) is 10.7 Å². The molecule has 0 aliphatic heterocycles. The summed E-state index contributed by atoms with van der Waals surface area (Å²) in [4.78, 5) is 10.7. The lowest BCUT2D eigenvalue weighted by Gasteiger charge is -2.29. The van der Waals surface area contributed by atoms with Crippen molar-refractivity contribution in [3.8, 4) is 0 Å². The van der Waals surface area contributed by atoms with Crippen molar-refractivity contribution in [1.29, 1.82) is 0 Å². The number of alkyl halides is 1. The Morgan fingerprint density at radius 3 is 2.20 bits per heavy atom. The average Bonchev–Trinajstić information content (AvgIpc) is 2.06. The molecule has 58 valence electrons. The Morgan fingerprint density at radius 1 is 1.30 bits per heavy atom. The van der Waals surface area contributed by atoms with E-state index in [1.807, 2.05) is 0 Å². The zero-order valence-electron chi connectivity index (χ0n) is 6.11. The minimum absolute atomic E-state index is 0.00174. The summed E-state index contributed by atoms with van der Waals surface area (Å²) in [5.74, 6) is 0. The molecule has 0 atom stereocenters. The van der Waals surface area contributed by atoms with Gasteiger partial charge in [0.25, 0.3) is 0 Å². The van der Waals surface area contributed by atoms with Crippen LogP contribution in [0.3, 0.4) is 0 Å². The minimum atomic E-state index is -0.00174. The lowest BCUT2D eigenvalue weighted by Crippen LogP contribution is -2.27. The van der Waals surface area contributed by atoms with E-state index in [1.54, 1.807) is 0 Å². The Bertz CT molecular complexity index is 116. The van der Waals surface area contributed by atoms with Crippen LogP contribution in [0.25, 0.3) is 0 Å². The van der Waals surface area contributed by atoms with Crippen LogP contribution < -0.4 is 0 Å². The van der Waals surface area contributed by atoms with E-state index in [0.29, 0.717) is 0 Å². The van der Waals surface area contributed by atoms with Gasteiger partial charge in [-0.2, -0.15) is 0 Å². The van der Waals surface area contributed by atoms with Crippen LogP contribution in [-0.2, 0) is 4.79 Å². The molecule has 0 amide bonds. The molecule has 0 bridgehead atoms. The first-order valence-corrected chi connectivity index (χ1v) is 4.97. The second-order valence-electron chi connectivity index (χ2n) is 3.17. The van der Waals surface area contributed by atoms with Crippen LogP contribution in [0.2, 0.25) is 0 Å². The molecule has 0 unspecified atom stereocenters. The maximum Gasteiger partial charge on any atom is 0.126 e. The molecule has 0 heterocycles. The van der Waals surface area contributed by atoms with Crippen LogP contribution in [0.5, 0.6) is 0 Å². The standard InChI is InChI=1S/C8H13BrO/c9-6-8(7-10)4-2-1-3-5-8/h7H,1-6H2. The Kier molecular flexibility index (Phi) is 2.90. The summed E-state index contributed by atoms with van der Waals surface area (Å²) < 4.78 is 0. The third-order valence-electron chi connectivity index (χ3n) is 2.37. The summed E-state index contributed by atoms with van der Waals surface area (Å²) in [5.41, 5.74) is -0.00174. The monoisotopic (exact) mass is 204 g/mol.